The molecule has 0 spiro atoms. The SMILES string of the molecule is CCOC(=O)C(N)(C=O)C1CCc2c(F)cc(F)cc2C1. The van der Waals surface area contributed by atoms with Crippen molar-refractivity contribution in [3.05, 3.63) is 34.9 Å². The summed E-state index contributed by atoms with van der Waals surface area (Å²) in [5, 5.41) is 0. The van der Waals surface area contributed by atoms with Gasteiger partial charge in [-0.1, -0.05) is 0 Å². The highest BCUT2D eigenvalue weighted by atomic mass is 19.1. The first-order valence-corrected chi connectivity index (χ1v) is 6.81. The minimum absolute atomic E-state index is 0.109. The van der Waals surface area contributed by atoms with Crippen molar-refractivity contribution in [2.75, 3.05) is 6.61 Å². The third-order valence-corrected chi connectivity index (χ3v) is 3.96. The number of carbonyl (C=O) groups excluding carboxylic acids is 2. The maximum absolute atomic E-state index is 13.7. The number of fused-ring (bicyclic) bond motifs is 1. The van der Waals surface area contributed by atoms with E-state index >= 15 is 0 Å². The fraction of sp³-hybridized carbons (Fsp3) is 0.467. The van der Waals surface area contributed by atoms with Crippen molar-refractivity contribution in [2.45, 2.75) is 31.7 Å². The van der Waals surface area contributed by atoms with Crippen LogP contribution in [0.3, 0.4) is 0 Å². The van der Waals surface area contributed by atoms with Gasteiger partial charge in [0.25, 0.3) is 0 Å². The molecule has 4 nitrogen and oxygen atoms in total. The van der Waals surface area contributed by atoms with Crippen LogP contribution in [0.4, 0.5) is 8.78 Å². The Morgan fingerprint density at radius 3 is 2.86 bits per heavy atom. The number of esters is 1. The average molecular weight is 297 g/mol. The Bertz CT molecular complexity index is 576. The maximum atomic E-state index is 13.7. The van der Waals surface area contributed by atoms with Gasteiger partial charge in [0.05, 0.1) is 6.61 Å². The molecule has 0 radical (unpaired) electrons. The Balaban J connectivity index is 2.31. The molecule has 0 heterocycles. The van der Waals surface area contributed by atoms with Gasteiger partial charge >= 0.3 is 5.97 Å². The summed E-state index contributed by atoms with van der Waals surface area (Å²) >= 11 is 0. The van der Waals surface area contributed by atoms with Crippen molar-refractivity contribution in [3.63, 3.8) is 0 Å². The third kappa shape index (κ3) is 2.81. The summed E-state index contributed by atoms with van der Waals surface area (Å²) in [6.07, 6.45) is 1.20. The van der Waals surface area contributed by atoms with E-state index in [4.69, 9.17) is 10.5 Å². The predicted octanol–water partition coefficient (Wildman–Crippen LogP) is 1.53. The van der Waals surface area contributed by atoms with Crippen LogP contribution in [0.25, 0.3) is 0 Å². The van der Waals surface area contributed by atoms with Crippen molar-refractivity contribution < 1.29 is 23.1 Å². The molecule has 21 heavy (non-hydrogen) atoms. The zero-order valence-corrected chi connectivity index (χ0v) is 11.7. The molecule has 0 saturated carbocycles. The fourth-order valence-electron chi connectivity index (χ4n) is 2.78. The van der Waals surface area contributed by atoms with Crippen LogP contribution in [0.1, 0.15) is 24.5 Å². The molecule has 114 valence electrons. The van der Waals surface area contributed by atoms with Gasteiger partial charge in [0.1, 0.15) is 11.6 Å². The molecule has 0 amide bonds. The van der Waals surface area contributed by atoms with Crippen molar-refractivity contribution >= 4 is 12.3 Å². The van der Waals surface area contributed by atoms with Gasteiger partial charge in [-0.3, -0.25) is 0 Å². The summed E-state index contributed by atoms with van der Waals surface area (Å²) in [5.41, 5.74) is 4.99. The molecule has 0 fully saturated rings. The molecule has 1 aliphatic carbocycles. The molecule has 0 bridgehead atoms. The van der Waals surface area contributed by atoms with E-state index in [2.05, 4.69) is 0 Å². The number of aldehydes is 1. The zero-order valence-electron chi connectivity index (χ0n) is 11.7. The summed E-state index contributed by atoms with van der Waals surface area (Å²) in [6.45, 7) is 1.72. The second-order valence-electron chi connectivity index (χ2n) is 5.24. The molecule has 1 aromatic rings. The van der Waals surface area contributed by atoms with Crippen LogP contribution >= 0.6 is 0 Å². The first kappa shape index (κ1) is 15.6. The molecular weight excluding hydrogens is 280 g/mol. The van der Waals surface area contributed by atoms with Gasteiger partial charge in [-0.15, -0.1) is 0 Å². The van der Waals surface area contributed by atoms with Crippen LogP contribution in [0.2, 0.25) is 0 Å². The van der Waals surface area contributed by atoms with Crippen LogP contribution in [-0.2, 0) is 27.2 Å². The predicted molar refractivity (Wildman–Crippen MR) is 71.5 cm³/mol. The largest absolute Gasteiger partial charge is 0.464 e. The number of hydrogen-bond donors (Lipinski definition) is 1. The van der Waals surface area contributed by atoms with Crippen LogP contribution in [0, 0.1) is 17.6 Å². The van der Waals surface area contributed by atoms with E-state index in [1.807, 2.05) is 0 Å². The molecule has 0 aliphatic heterocycles. The van der Waals surface area contributed by atoms with Gasteiger partial charge in [-0.25, -0.2) is 13.6 Å². The highest BCUT2D eigenvalue weighted by Gasteiger charge is 2.45. The van der Waals surface area contributed by atoms with Crippen molar-refractivity contribution in [3.8, 4) is 0 Å². The van der Waals surface area contributed by atoms with Gasteiger partial charge in [-0.2, -0.15) is 0 Å². The van der Waals surface area contributed by atoms with E-state index < -0.39 is 29.1 Å². The number of rotatable bonds is 4. The van der Waals surface area contributed by atoms with E-state index in [0.717, 1.165) is 6.07 Å². The van der Waals surface area contributed by atoms with Crippen molar-refractivity contribution in [1.82, 2.24) is 0 Å². The molecule has 0 saturated heterocycles. The number of nitrogens with two attached hydrogens (primary N) is 1. The summed E-state index contributed by atoms with van der Waals surface area (Å²) in [6, 6.07) is 2.06. The van der Waals surface area contributed by atoms with E-state index in [9.17, 15) is 18.4 Å². The van der Waals surface area contributed by atoms with Crippen LogP contribution in [0.15, 0.2) is 12.1 Å². The average Bonchev–Trinajstić information content (AvgIpc) is 2.45. The van der Waals surface area contributed by atoms with Gasteiger partial charge in [0, 0.05) is 6.07 Å². The van der Waals surface area contributed by atoms with E-state index in [1.54, 1.807) is 6.92 Å². The number of ether oxygens (including phenoxy) is 1. The van der Waals surface area contributed by atoms with Crippen LogP contribution in [0.5, 0.6) is 0 Å². The minimum atomic E-state index is -1.78. The lowest BCUT2D eigenvalue weighted by Gasteiger charge is -2.34. The molecule has 2 atom stereocenters. The number of carbonyl (C=O) groups is 2. The Labute approximate surface area is 121 Å². The molecule has 0 aromatic heterocycles. The Hall–Kier alpha value is -1.82. The zero-order chi connectivity index (χ0) is 15.6. The number of halogens is 2. The monoisotopic (exact) mass is 297 g/mol. The highest BCUT2D eigenvalue weighted by molar-refractivity contribution is 5.98. The molecule has 6 heteroatoms. The fourth-order valence-corrected chi connectivity index (χ4v) is 2.78. The molecule has 1 aliphatic rings. The standard InChI is InChI=1S/C15H17F2NO3/c1-2-21-14(20)15(18,8-19)10-3-4-12-9(5-10)6-11(16)7-13(12)17/h6-8,10H,2-5,18H2,1H3. The van der Waals surface area contributed by atoms with Crippen LogP contribution in [-0.4, -0.2) is 24.4 Å². The topological polar surface area (TPSA) is 69.4 Å². The summed E-state index contributed by atoms with van der Waals surface area (Å²) in [4.78, 5) is 23.2. The second-order valence-corrected chi connectivity index (χ2v) is 5.24. The first-order chi connectivity index (χ1) is 9.92. The van der Waals surface area contributed by atoms with Crippen LogP contribution < -0.4 is 5.73 Å². The van der Waals surface area contributed by atoms with Gasteiger partial charge in [-0.05, 0) is 49.3 Å². The maximum Gasteiger partial charge on any atom is 0.333 e. The normalized spacial score (nSPS) is 20.3. The quantitative estimate of drug-likeness (QED) is 0.520. The van der Waals surface area contributed by atoms with E-state index in [1.165, 1.54) is 6.07 Å². The lowest BCUT2D eigenvalue weighted by atomic mass is 9.73. The third-order valence-electron chi connectivity index (χ3n) is 3.96. The highest BCUT2D eigenvalue weighted by Crippen LogP contribution is 2.33. The second kappa shape index (κ2) is 5.89. The van der Waals surface area contributed by atoms with E-state index in [-0.39, 0.29) is 13.0 Å². The number of hydrogen-bond acceptors (Lipinski definition) is 4. The smallest absolute Gasteiger partial charge is 0.333 e. The summed E-state index contributed by atoms with van der Waals surface area (Å²) < 4.78 is 31.8. The Morgan fingerprint density at radius 2 is 2.24 bits per heavy atom. The van der Waals surface area contributed by atoms with E-state index in [0.29, 0.717) is 30.3 Å². The lowest BCUT2D eigenvalue weighted by molar-refractivity contribution is -0.153. The van der Waals surface area contributed by atoms with Crippen molar-refractivity contribution in [1.29, 1.82) is 0 Å². The molecule has 2 rings (SSSR count). The van der Waals surface area contributed by atoms with Gasteiger partial charge < -0.3 is 15.3 Å². The molecule has 1 aromatic carbocycles. The minimum Gasteiger partial charge on any atom is -0.464 e. The van der Waals surface area contributed by atoms with Crippen molar-refractivity contribution in [2.24, 2.45) is 11.7 Å². The molecular formula is C15H17F2NO3. The molecule has 2 unspecified atom stereocenters. The summed E-state index contributed by atoms with van der Waals surface area (Å²) in [5.74, 6) is -2.63. The first-order valence-electron chi connectivity index (χ1n) is 6.81. The molecule has 2 N–H and O–H groups in total. The lowest BCUT2D eigenvalue weighted by Crippen LogP contribution is -2.57. The Morgan fingerprint density at radius 1 is 1.52 bits per heavy atom. The van der Waals surface area contributed by atoms with Gasteiger partial charge in [0.15, 0.2) is 11.8 Å². The number of benzene rings is 1. The Kier molecular flexibility index (Phi) is 4.37. The summed E-state index contributed by atoms with van der Waals surface area (Å²) in [7, 11) is 0. The van der Waals surface area contributed by atoms with Gasteiger partial charge in [0.2, 0.25) is 0 Å².